The van der Waals surface area contributed by atoms with E-state index >= 15 is 0 Å². The molecule has 0 radical (unpaired) electrons. The van der Waals surface area contributed by atoms with E-state index in [-0.39, 0.29) is 6.04 Å². The molecule has 116 valence electrons. The Labute approximate surface area is 137 Å². The molecule has 4 heteroatoms. The number of fused-ring (bicyclic) bond motifs is 2. The first kappa shape index (κ1) is 15.6. The third-order valence-electron chi connectivity index (χ3n) is 5.23. The second-order valence-electron chi connectivity index (χ2n) is 6.70. The van der Waals surface area contributed by atoms with Crippen molar-refractivity contribution in [3.63, 3.8) is 0 Å². The first-order chi connectivity index (χ1) is 10.2. The number of nitrogens with zero attached hydrogens (tertiary/aromatic N) is 1. The van der Waals surface area contributed by atoms with E-state index in [4.69, 9.17) is 23.2 Å². The van der Waals surface area contributed by atoms with Crippen molar-refractivity contribution in [3.8, 4) is 0 Å². The zero-order valence-corrected chi connectivity index (χ0v) is 14.1. The minimum atomic E-state index is 0.263. The van der Waals surface area contributed by atoms with Gasteiger partial charge in [0.05, 0.1) is 21.8 Å². The molecule has 0 aliphatic heterocycles. The summed E-state index contributed by atoms with van der Waals surface area (Å²) in [6.45, 7) is 3.20. The molecule has 0 saturated heterocycles. The van der Waals surface area contributed by atoms with E-state index in [1.807, 2.05) is 6.07 Å². The molecule has 2 saturated carbocycles. The monoisotopic (exact) mass is 326 g/mol. The van der Waals surface area contributed by atoms with Gasteiger partial charge in [-0.3, -0.25) is 4.98 Å². The molecule has 1 N–H and O–H groups in total. The summed E-state index contributed by atoms with van der Waals surface area (Å²) in [4.78, 5) is 4.51. The molecule has 4 unspecified atom stereocenters. The Kier molecular flexibility index (Phi) is 5.08. The molecule has 4 atom stereocenters. The molecule has 21 heavy (non-hydrogen) atoms. The van der Waals surface area contributed by atoms with Crippen molar-refractivity contribution in [2.24, 2.45) is 17.8 Å². The fourth-order valence-corrected chi connectivity index (χ4v) is 4.77. The molecular weight excluding hydrogens is 303 g/mol. The van der Waals surface area contributed by atoms with Gasteiger partial charge >= 0.3 is 0 Å². The Morgan fingerprint density at radius 3 is 2.81 bits per heavy atom. The summed E-state index contributed by atoms with van der Waals surface area (Å²) in [5.74, 6) is 2.76. The molecule has 2 nitrogen and oxygen atoms in total. The Morgan fingerprint density at radius 2 is 2.19 bits per heavy atom. The fourth-order valence-electron chi connectivity index (χ4n) is 4.26. The van der Waals surface area contributed by atoms with Crippen LogP contribution in [-0.4, -0.2) is 11.5 Å². The van der Waals surface area contributed by atoms with Crippen LogP contribution in [0, 0.1) is 17.8 Å². The van der Waals surface area contributed by atoms with E-state index in [0.717, 1.165) is 42.8 Å². The predicted molar refractivity (Wildman–Crippen MR) is 88.8 cm³/mol. The molecule has 0 spiro atoms. The van der Waals surface area contributed by atoms with Crippen molar-refractivity contribution in [2.75, 3.05) is 6.54 Å². The molecule has 2 aliphatic carbocycles. The minimum Gasteiger partial charge on any atom is -0.309 e. The van der Waals surface area contributed by atoms with Crippen LogP contribution < -0.4 is 5.32 Å². The number of halogens is 2. The number of pyridine rings is 1. The van der Waals surface area contributed by atoms with Gasteiger partial charge in [-0.25, -0.2) is 0 Å². The minimum absolute atomic E-state index is 0.263. The second-order valence-corrected chi connectivity index (χ2v) is 7.54. The van der Waals surface area contributed by atoms with Crippen molar-refractivity contribution in [1.82, 2.24) is 10.3 Å². The topological polar surface area (TPSA) is 24.9 Å². The number of aromatic nitrogens is 1. The first-order valence-corrected chi connectivity index (χ1v) is 8.97. The van der Waals surface area contributed by atoms with E-state index < -0.39 is 0 Å². The van der Waals surface area contributed by atoms with Gasteiger partial charge in [0.2, 0.25) is 0 Å². The fraction of sp³-hybridized carbons (Fsp3) is 0.706. The number of nitrogens with one attached hydrogen (secondary N) is 1. The van der Waals surface area contributed by atoms with Crippen LogP contribution in [0.1, 0.15) is 57.2 Å². The normalized spacial score (nSPS) is 29.0. The summed E-state index contributed by atoms with van der Waals surface area (Å²) >= 11 is 12.4. The molecule has 0 amide bonds. The van der Waals surface area contributed by atoms with Crippen molar-refractivity contribution in [3.05, 3.63) is 28.0 Å². The molecule has 1 heterocycles. The van der Waals surface area contributed by atoms with Crippen molar-refractivity contribution >= 4 is 23.2 Å². The number of hydrogen-bond acceptors (Lipinski definition) is 2. The average Bonchev–Trinajstić information content (AvgIpc) is 3.06. The van der Waals surface area contributed by atoms with Crippen LogP contribution in [-0.2, 0) is 0 Å². The molecule has 2 fully saturated rings. The number of rotatable bonds is 6. The maximum atomic E-state index is 6.38. The summed E-state index contributed by atoms with van der Waals surface area (Å²) in [5, 5.41) is 4.95. The lowest BCUT2D eigenvalue weighted by Crippen LogP contribution is -2.27. The first-order valence-electron chi connectivity index (χ1n) is 8.21. The Bertz CT molecular complexity index is 492. The van der Waals surface area contributed by atoms with E-state index in [0.29, 0.717) is 10.0 Å². The van der Waals surface area contributed by atoms with Crippen LogP contribution >= 0.6 is 23.2 Å². The summed E-state index contributed by atoms with van der Waals surface area (Å²) < 4.78 is 0. The molecule has 0 aromatic carbocycles. The smallest absolute Gasteiger partial charge is 0.0760 e. The third-order valence-corrected chi connectivity index (χ3v) is 5.74. The van der Waals surface area contributed by atoms with E-state index in [9.17, 15) is 0 Å². The number of hydrogen-bond donors (Lipinski definition) is 1. The SMILES string of the molecule is CCCNC(CC1CC2CCC1C2)c1ncc(Cl)cc1Cl. The molecule has 2 bridgehead atoms. The zero-order valence-electron chi connectivity index (χ0n) is 12.6. The lowest BCUT2D eigenvalue weighted by molar-refractivity contribution is 0.277. The van der Waals surface area contributed by atoms with Gasteiger partial charge in [0, 0.05) is 6.20 Å². The summed E-state index contributed by atoms with van der Waals surface area (Å²) in [6.07, 6.45) is 9.73. The molecule has 3 rings (SSSR count). The van der Waals surface area contributed by atoms with Gasteiger partial charge in [0.15, 0.2) is 0 Å². The molecular formula is C17H24Cl2N2. The summed E-state index contributed by atoms with van der Waals surface area (Å²) in [5.41, 5.74) is 0.970. The standard InChI is InChI=1S/C17H24Cl2N2/c1-2-5-20-16(17-15(19)9-14(18)10-21-17)8-13-7-11-3-4-12(13)6-11/h9-13,16,20H,2-8H2,1H3. The van der Waals surface area contributed by atoms with Crippen molar-refractivity contribution in [1.29, 1.82) is 0 Å². The maximum Gasteiger partial charge on any atom is 0.0760 e. The highest BCUT2D eigenvalue weighted by atomic mass is 35.5. The average molecular weight is 327 g/mol. The Balaban J connectivity index is 1.74. The van der Waals surface area contributed by atoms with E-state index in [2.05, 4.69) is 17.2 Å². The van der Waals surface area contributed by atoms with Crippen LogP contribution in [0.15, 0.2) is 12.3 Å². The molecule has 1 aromatic heterocycles. The van der Waals surface area contributed by atoms with Gasteiger partial charge in [-0.2, -0.15) is 0 Å². The van der Waals surface area contributed by atoms with Gasteiger partial charge < -0.3 is 5.32 Å². The van der Waals surface area contributed by atoms with Crippen LogP contribution in [0.3, 0.4) is 0 Å². The van der Waals surface area contributed by atoms with Gasteiger partial charge in [0.1, 0.15) is 0 Å². The van der Waals surface area contributed by atoms with Gasteiger partial charge in [-0.15, -0.1) is 0 Å². The van der Waals surface area contributed by atoms with Crippen LogP contribution in [0.25, 0.3) is 0 Å². The highest BCUT2D eigenvalue weighted by molar-refractivity contribution is 6.34. The predicted octanol–water partition coefficient (Wildman–Crippen LogP) is 5.26. The zero-order chi connectivity index (χ0) is 14.8. The van der Waals surface area contributed by atoms with Crippen LogP contribution in [0.5, 0.6) is 0 Å². The van der Waals surface area contributed by atoms with Crippen LogP contribution in [0.4, 0.5) is 0 Å². The van der Waals surface area contributed by atoms with E-state index in [1.165, 1.54) is 25.7 Å². The van der Waals surface area contributed by atoms with Crippen molar-refractivity contribution in [2.45, 2.75) is 51.5 Å². The largest absolute Gasteiger partial charge is 0.309 e. The van der Waals surface area contributed by atoms with Crippen molar-refractivity contribution < 1.29 is 0 Å². The quantitative estimate of drug-likeness (QED) is 0.771. The summed E-state index contributed by atoms with van der Waals surface area (Å²) in [7, 11) is 0. The molecule has 2 aliphatic rings. The third kappa shape index (κ3) is 3.55. The van der Waals surface area contributed by atoms with Gasteiger partial charge in [-0.05, 0) is 62.5 Å². The molecule has 1 aromatic rings. The van der Waals surface area contributed by atoms with E-state index in [1.54, 1.807) is 6.20 Å². The highest BCUT2D eigenvalue weighted by Gasteiger charge is 2.40. The maximum absolute atomic E-state index is 6.38. The van der Waals surface area contributed by atoms with Gasteiger partial charge in [-0.1, -0.05) is 36.5 Å². The second kappa shape index (κ2) is 6.85. The van der Waals surface area contributed by atoms with Crippen LogP contribution in [0.2, 0.25) is 10.0 Å². The summed E-state index contributed by atoms with van der Waals surface area (Å²) in [6, 6.07) is 2.08. The lowest BCUT2D eigenvalue weighted by atomic mass is 9.83. The Morgan fingerprint density at radius 1 is 1.33 bits per heavy atom. The highest BCUT2D eigenvalue weighted by Crippen LogP contribution is 2.51. The Hall–Kier alpha value is -0.310. The van der Waals surface area contributed by atoms with Gasteiger partial charge in [0.25, 0.3) is 0 Å². The lowest BCUT2D eigenvalue weighted by Gasteiger charge is -2.27.